The minimum Gasteiger partial charge on any atom is -0.490 e. The summed E-state index contributed by atoms with van der Waals surface area (Å²) in [7, 11) is 0. The third-order valence-corrected chi connectivity index (χ3v) is 5.47. The second-order valence-electron chi connectivity index (χ2n) is 5.85. The van der Waals surface area contributed by atoms with Gasteiger partial charge in [0.15, 0.2) is 0 Å². The molecule has 5 heteroatoms. The summed E-state index contributed by atoms with van der Waals surface area (Å²) in [6, 6.07) is 5.19. The zero-order valence-electron chi connectivity index (χ0n) is 12.1. The van der Waals surface area contributed by atoms with Gasteiger partial charge in [0.05, 0.1) is 17.8 Å². The highest BCUT2D eigenvalue weighted by atomic mass is 32.2. The molecule has 21 heavy (non-hydrogen) atoms. The van der Waals surface area contributed by atoms with Crippen LogP contribution in [0.15, 0.2) is 18.2 Å². The van der Waals surface area contributed by atoms with Crippen molar-refractivity contribution in [3.63, 3.8) is 0 Å². The molecular formula is C16H20O4S. The fourth-order valence-electron chi connectivity index (χ4n) is 3.09. The Hall–Kier alpha value is -1.20. The second-order valence-corrected chi connectivity index (χ2v) is 6.95. The SMILES string of the molecule is Cc1cc(OC2CCOC3(CCSC3)C2)ccc1C(=O)O. The molecule has 4 nitrogen and oxygen atoms in total. The Labute approximate surface area is 128 Å². The summed E-state index contributed by atoms with van der Waals surface area (Å²) >= 11 is 1.95. The summed E-state index contributed by atoms with van der Waals surface area (Å²) in [6.07, 6.45) is 3.09. The van der Waals surface area contributed by atoms with Crippen molar-refractivity contribution in [1.82, 2.24) is 0 Å². The molecule has 0 bridgehead atoms. The molecule has 2 heterocycles. The van der Waals surface area contributed by atoms with Gasteiger partial charge in [-0.2, -0.15) is 11.8 Å². The summed E-state index contributed by atoms with van der Waals surface area (Å²) in [5, 5.41) is 9.06. The topological polar surface area (TPSA) is 55.8 Å². The maximum atomic E-state index is 11.0. The van der Waals surface area contributed by atoms with Gasteiger partial charge in [0, 0.05) is 18.6 Å². The largest absolute Gasteiger partial charge is 0.490 e. The van der Waals surface area contributed by atoms with Gasteiger partial charge in [-0.15, -0.1) is 0 Å². The number of benzene rings is 1. The Kier molecular flexibility index (Phi) is 4.13. The summed E-state index contributed by atoms with van der Waals surface area (Å²) in [6.45, 7) is 2.55. The standard InChI is InChI=1S/C16H20O4S/c1-11-8-12(2-3-14(11)15(17)18)20-13-4-6-19-16(9-13)5-7-21-10-16/h2-3,8,13H,4-7,9-10H2,1H3,(H,17,18). The van der Waals surface area contributed by atoms with Crippen LogP contribution in [0.3, 0.4) is 0 Å². The van der Waals surface area contributed by atoms with Crippen LogP contribution in [0.5, 0.6) is 5.75 Å². The Bertz CT molecular complexity index is 537. The Balaban J connectivity index is 1.68. The highest BCUT2D eigenvalue weighted by Crippen LogP contribution is 2.39. The smallest absolute Gasteiger partial charge is 0.335 e. The number of hydrogen-bond acceptors (Lipinski definition) is 4. The zero-order chi connectivity index (χ0) is 14.9. The minimum atomic E-state index is -0.896. The average Bonchev–Trinajstić information content (AvgIpc) is 2.86. The number of ether oxygens (including phenoxy) is 2. The molecule has 3 rings (SSSR count). The lowest BCUT2D eigenvalue weighted by atomic mass is 9.91. The van der Waals surface area contributed by atoms with Gasteiger partial charge in [-0.1, -0.05) is 0 Å². The van der Waals surface area contributed by atoms with Gasteiger partial charge in [0.1, 0.15) is 11.9 Å². The molecule has 1 spiro atoms. The van der Waals surface area contributed by atoms with Gasteiger partial charge >= 0.3 is 5.97 Å². The number of thioether (sulfide) groups is 1. The van der Waals surface area contributed by atoms with E-state index >= 15 is 0 Å². The van der Waals surface area contributed by atoms with E-state index in [2.05, 4.69) is 0 Å². The number of aromatic carboxylic acids is 1. The van der Waals surface area contributed by atoms with Crippen molar-refractivity contribution in [3.8, 4) is 5.75 Å². The third kappa shape index (κ3) is 3.19. The van der Waals surface area contributed by atoms with Crippen molar-refractivity contribution in [2.45, 2.75) is 37.9 Å². The van der Waals surface area contributed by atoms with Gasteiger partial charge < -0.3 is 14.6 Å². The molecule has 2 fully saturated rings. The first kappa shape index (κ1) is 14.7. The van der Waals surface area contributed by atoms with Crippen LogP contribution >= 0.6 is 11.8 Å². The molecule has 114 valence electrons. The number of carbonyl (C=O) groups is 1. The molecule has 0 saturated carbocycles. The lowest BCUT2D eigenvalue weighted by Gasteiger charge is -2.37. The van der Waals surface area contributed by atoms with Crippen LogP contribution in [0.25, 0.3) is 0 Å². The normalized spacial score (nSPS) is 28.7. The predicted molar refractivity (Wildman–Crippen MR) is 82.4 cm³/mol. The van der Waals surface area contributed by atoms with E-state index in [0.29, 0.717) is 5.56 Å². The van der Waals surface area contributed by atoms with E-state index in [-0.39, 0.29) is 11.7 Å². The monoisotopic (exact) mass is 308 g/mol. The van der Waals surface area contributed by atoms with Crippen LogP contribution in [0.2, 0.25) is 0 Å². The van der Waals surface area contributed by atoms with Crippen LogP contribution in [0, 0.1) is 6.92 Å². The first-order valence-electron chi connectivity index (χ1n) is 7.30. The number of rotatable bonds is 3. The molecule has 0 amide bonds. The molecule has 2 unspecified atom stereocenters. The molecule has 0 aliphatic carbocycles. The van der Waals surface area contributed by atoms with E-state index < -0.39 is 5.97 Å². The van der Waals surface area contributed by atoms with Crippen molar-refractivity contribution >= 4 is 17.7 Å². The number of carboxylic acids is 1. The molecule has 2 saturated heterocycles. The lowest BCUT2D eigenvalue weighted by molar-refractivity contribution is -0.0959. The van der Waals surface area contributed by atoms with Gasteiger partial charge in [0.25, 0.3) is 0 Å². The van der Waals surface area contributed by atoms with E-state index in [4.69, 9.17) is 14.6 Å². The van der Waals surface area contributed by atoms with Crippen LogP contribution in [-0.4, -0.2) is 40.9 Å². The van der Waals surface area contributed by atoms with Crippen molar-refractivity contribution in [2.24, 2.45) is 0 Å². The fraction of sp³-hybridized carbons (Fsp3) is 0.562. The Morgan fingerprint density at radius 2 is 2.38 bits per heavy atom. The van der Waals surface area contributed by atoms with E-state index in [1.807, 2.05) is 17.8 Å². The minimum absolute atomic E-state index is 0.00360. The molecule has 2 aliphatic rings. The van der Waals surface area contributed by atoms with Crippen molar-refractivity contribution in [1.29, 1.82) is 0 Å². The summed E-state index contributed by atoms with van der Waals surface area (Å²) in [4.78, 5) is 11.0. The molecule has 1 N–H and O–H groups in total. The number of carboxylic acid groups (broad SMARTS) is 1. The summed E-state index contributed by atoms with van der Waals surface area (Å²) in [5.74, 6) is 2.08. The maximum Gasteiger partial charge on any atom is 0.335 e. The van der Waals surface area contributed by atoms with Crippen LogP contribution in [0.4, 0.5) is 0 Å². The molecule has 0 aromatic heterocycles. The molecular weight excluding hydrogens is 288 g/mol. The van der Waals surface area contributed by atoms with Crippen molar-refractivity contribution < 1.29 is 19.4 Å². The number of hydrogen-bond donors (Lipinski definition) is 1. The lowest BCUT2D eigenvalue weighted by Crippen LogP contribution is -2.43. The molecule has 2 atom stereocenters. The Morgan fingerprint density at radius 1 is 1.52 bits per heavy atom. The quantitative estimate of drug-likeness (QED) is 0.929. The van der Waals surface area contributed by atoms with E-state index in [1.165, 1.54) is 5.75 Å². The molecule has 2 aliphatic heterocycles. The van der Waals surface area contributed by atoms with Crippen molar-refractivity contribution in [2.75, 3.05) is 18.1 Å². The molecule has 1 aromatic carbocycles. The van der Waals surface area contributed by atoms with Gasteiger partial charge in [-0.05, 0) is 42.9 Å². The van der Waals surface area contributed by atoms with E-state index in [1.54, 1.807) is 19.1 Å². The van der Waals surface area contributed by atoms with Gasteiger partial charge in [-0.25, -0.2) is 4.79 Å². The first-order valence-corrected chi connectivity index (χ1v) is 8.46. The predicted octanol–water partition coefficient (Wildman–Crippen LogP) is 3.13. The number of aryl methyl sites for hydroxylation is 1. The second kappa shape index (κ2) is 5.89. The fourth-order valence-corrected chi connectivity index (χ4v) is 4.47. The highest BCUT2D eigenvalue weighted by molar-refractivity contribution is 7.99. The van der Waals surface area contributed by atoms with Crippen molar-refractivity contribution in [3.05, 3.63) is 29.3 Å². The zero-order valence-corrected chi connectivity index (χ0v) is 12.9. The third-order valence-electron chi connectivity index (χ3n) is 4.25. The van der Waals surface area contributed by atoms with Crippen LogP contribution < -0.4 is 4.74 Å². The highest BCUT2D eigenvalue weighted by Gasteiger charge is 2.41. The van der Waals surface area contributed by atoms with E-state index in [9.17, 15) is 4.79 Å². The van der Waals surface area contributed by atoms with Gasteiger partial charge in [0.2, 0.25) is 0 Å². The molecule has 1 aromatic rings. The van der Waals surface area contributed by atoms with E-state index in [0.717, 1.165) is 42.9 Å². The molecule has 0 radical (unpaired) electrons. The maximum absolute atomic E-state index is 11.0. The first-order chi connectivity index (χ1) is 10.1. The summed E-state index contributed by atoms with van der Waals surface area (Å²) in [5.41, 5.74) is 1.07. The summed E-state index contributed by atoms with van der Waals surface area (Å²) < 4.78 is 12.1. The van der Waals surface area contributed by atoms with Crippen LogP contribution in [0.1, 0.15) is 35.2 Å². The average molecular weight is 308 g/mol. The van der Waals surface area contributed by atoms with Gasteiger partial charge in [-0.3, -0.25) is 0 Å². The Morgan fingerprint density at radius 3 is 3.05 bits per heavy atom. The van der Waals surface area contributed by atoms with Crippen LogP contribution in [-0.2, 0) is 4.74 Å².